The maximum Gasteiger partial charge on any atom is 0.0811 e. The van der Waals surface area contributed by atoms with Crippen molar-refractivity contribution in [3.63, 3.8) is 0 Å². The van der Waals surface area contributed by atoms with Crippen molar-refractivity contribution in [2.45, 2.75) is 13.8 Å². The largest absolute Gasteiger partial charge is 0.245 e. The van der Waals surface area contributed by atoms with Crippen LogP contribution >= 0.6 is 11.3 Å². The van der Waals surface area contributed by atoms with Crippen LogP contribution in [-0.4, -0.2) is 4.98 Å². The third-order valence-electron chi connectivity index (χ3n) is 3.38. The van der Waals surface area contributed by atoms with Crippen molar-refractivity contribution >= 4 is 11.3 Å². The molecule has 0 saturated heterocycles. The number of aromatic nitrogens is 1. The number of hydrogen-bond acceptors (Lipinski definition) is 2. The monoisotopic (exact) mass is 265 g/mol. The van der Waals surface area contributed by atoms with E-state index in [9.17, 15) is 0 Å². The van der Waals surface area contributed by atoms with Crippen LogP contribution in [0.3, 0.4) is 0 Å². The molecule has 0 aliphatic heterocycles. The first-order valence-electron chi connectivity index (χ1n) is 6.31. The number of rotatable bonds is 2. The molecule has 0 unspecified atom stereocenters. The Morgan fingerprint density at radius 2 is 1.47 bits per heavy atom. The van der Waals surface area contributed by atoms with E-state index in [4.69, 9.17) is 0 Å². The van der Waals surface area contributed by atoms with E-state index in [1.165, 1.54) is 27.8 Å². The maximum absolute atomic E-state index is 4.34. The minimum atomic E-state index is 1.05. The molecule has 94 valence electrons. The smallest absolute Gasteiger partial charge is 0.0811 e. The summed E-state index contributed by atoms with van der Waals surface area (Å²) >= 11 is 1.63. The summed E-state index contributed by atoms with van der Waals surface area (Å²) in [6, 6.07) is 15.1. The number of aryl methyl sites for hydroxylation is 2. The summed E-state index contributed by atoms with van der Waals surface area (Å²) < 4.78 is 0. The Morgan fingerprint density at radius 1 is 0.842 bits per heavy atom. The van der Waals surface area contributed by atoms with E-state index in [1.54, 1.807) is 11.3 Å². The van der Waals surface area contributed by atoms with Gasteiger partial charge in [0.1, 0.15) is 0 Å². The highest BCUT2D eigenvalue weighted by molar-refractivity contribution is 7.07. The molecule has 0 atom stereocenters. The van der Waals surface area contributed by atoms with Gasteiger partial charge in [-0.3, -0.25) is 0 Å². The van der Waals surface area contributed by atoms with Crippen molar-refractivity contribution < 1.29 is 0 Å². The molecule has 0 amide bonds. The van der Waals surface area contributed by atoms with E-state index in [0.29, 0.717) is 0 Å². The Kier molecular flexibility index (Phi) is 3.18. The van der Waals surface area contributed by atoms with Gasteiger partial charge < -0.3 is 0 Å². The van der Waals surface area contributed by atoms with Crippen LogP contribution in [0.2, 0.25) is 0 Å². The molecule has 0 aliphatic rings. The van der Waals surface area contributed by atoms with Gasteiger partial charge in [-0.15, -0.1) is 11.3 Å². The molecule has 0 saturated carbocycles. The normalized spacial score (nSPS) is 10.6. The first-order chi connectivity index (χ1) is 9.25. The molecule has 0 N–H and O–H groups in total. The third-order valence-corrected chi connectivity index (χ3v) is 3.97. The standard InChI is InChI=1S/C17H15NS/c1-12-4-3-5-13(2)17(12)15-8-6-14(7-9-15)16-10-19-11-18-16/h3-11H,1-2H3. The van der Waals surface area contributed by atoms with Gasteiger partial charge in [-0.1, -0.05) is 42.5 Å². The van der Waals surface area contributed by atoms with E-state index in [2.05, 4.69) is 66.7 Å². The van der Waals surface area contributed by atoms with Crippen LogP contribution in [0.15, 0.2) is 53.4 Å². The average Bonchev–Trinajstić information content (AvgIpc) is 2.93. The lowest BCUT2D eigenvalue weighted by Crippen LogP contribution is -1.87. The fourth-order valence-electron chi connectivity index (χ4n) is 2.43. The molecule has 1 nitrogen and oxygen atoms in total. The number of benzene rings is 2. The lowest BCUT2D eigenvalue weighted by molar-refractivity contribution is 1.37. The molecule has 0 spiro atoms. The first kappa shape index (κ1) is 12.1. The van der Waals surface area contributed by atoms with Gasteiger partial charge in [0.15, 0.2) is 0 Å². The molecule has 0 bridgehead atoms. The molecular formula is C17H15NS. The fourth-order valence-corrected chi connectivity index (χ4v) is 2.99. The van der Waals surface area contributed by atoms with E-state index in [-0.39, 0.29) is 0 Å². The van der Waals surface area contributed by atoms with Crippen LogP contribution in [0.25, 0.3) is 22.4 Å². The van der Waals surface area contributed by atoms with Gasteiger partial charge in [-0.25, -0.2) is 4.98 Å². The zero-order valence-corrected chi connectivity index (χ0v) is 11.9. The lowest BCUT2D eigenvalue weighted by atomic mass is 9.95. The van der Waals surface area contributed by atoms with Crippen molar-refractivity contribution in [1.82, 2.24) is 4.98 Å². The van der Waals surface area contributed by atoms with Gasteiger partial charge in [-0.05, 0) is 36.1 Å². The Morgan fingerprint density at radius 3 is 2.05 bits per heavy atom. The predicted molar refractivity (Wildman–Crippen MR) is 82.5 cm³/mol. The molecule has 1 aromatic heterocycles. The molecule has 3 rings (SSSR count). The molecule has 0 radical (unpaired) electrons. The van der Waals surface area contributed by atoms with Gasteiger partial charge in [-0.2, -0.15) is 0 Å². The Labute approximate surface area is 117 Å². The zero-order valence-electron chi connectivity index (χ0n) is 11.1. The molecule has 2 heteroatoms. The van der Waals surface area contributed by atoms with Crippen LogP contribution in [0, 0.1) is 13.8 Å². The molecule has 0 fully saturated rings. The zero-order chi connectivity index (χ0) is 13.2. The van der Waals surface area contributed by atoms with Crippen LogP contribution in [0.5, 0.6) is 0 Å². The van der Waals surface area contributed by atoms with Gasteiger partial charge in [0.25, 0.3) is 0 Å². The Bertz CT molecular complexity index is 662. The quantitative estimate of drug-likeness (QED) is 0.628. The Balaban J connectivity index is 2.04. The second kappa shape index (κ2) is 4.98. The van der Waals surface area contributed by atoms with Crippen LogP contribution in [0.1, 0.15) is 11.1 Å². The minimum Gasteiger partial charge on any atom is -0.245 e. The van der Waals surface area contributed by atoms with Gasteiger partial charge >= 0.3 is 0 Å². The summed E-state index contributed by atoms with van der Waals surface area (Å²) in [5.41, 5.74) is 9.35. The second-order valence-electron chi connectivity index (χ2n) is 4.72. The molecule has 3 aromatic rings. The minimum absolute atomic E-state index is 1.05. The predicted octanol–water partition coefficient (Wildman–Crippen LogP) is 5.09. The van der Waals surface area contributed by atoms with Gasteiger partial charge in [0.2, 0.25) is 0 Å². The highest BCUT2D eigenvalue weighted by Crippen LogP contribution is 2.29. The second-order valence-corrected chi connectivity index (χ2v) is 5.44. The summed E-state index contributed by atoms with van der Waals surface area (Å²) in [4.78, 5) is 4.34. The number of nitrogens with zero attached hydrogens (tertiary/aromatic N) is 1. The Hall–Kier alpha value is -1.93. The topological polar surface area (TPSA) is 12.9 Å². The summed E-state index contributed by atoms with van der Waals surface area (Å²) in [6.07, 6.45) is 0. The van der Waals surface area contributed by atoms with Gasteiger partial charge in [0, 0.05) is 10.9 Å². The van der Waals surface area contributed by atoms with Gasteiger partial charge in [0.05, 0.1) is 11.2 Å². The SMILES string of the molecule is Cc1cccc(C)c1-c1ccc(-c2cscn2)cc1. The van der Waals surface area contributed by atoms with Crippen molar-refractivity contribution in [3.05, 3.63) is 64.5 Å². The average molecular weight is 265 g/mol. The van der Waals surface area contributed by atoms with Crippen LogP contribution < -0.4 is 0 Å². The molecule has 0 aliphatic carbocycles. The maximum atomic E-state index is 4.34. The fraction of sp³-hybridized carbons (Fsp3) is 0.118. The van der Waals surface area contributed by atoms with E-state index >= 15 is 0 Å². The van der Waals surface area contributed by atoms with Crippen molar-refractivity contribution in [2.75, 3.05) is 0 Å². The van der Waals surface area contributed by atoms with Crippen molar-refractivity contribution in [3.8, 4) is 22.4 Å². The van der Waals surface area contributed by atoms with E-state index < -0.39 is 0 Å². The highest BCUT2D eigenvalue weighted by atomic mass is 32.1. The first-order valence-corrected chi connectivity index (χ1v) is 7.25. The van der Waals surface area contributed by atoms with Crippen molar-refractivity contribution in [1.29, 1.82) is 0 Å². The summed E-state index contributed by atoms with van der Waals surface area (Å²) in [6.45, 7) is 4.33. The molecule has 1 heterocycles. The highest BCUT2D eigenvalue weighted by Gasteiger charge is 2.06. The van der Waals surface area contributed by atoms with E-state index in [1.807, 2.05) is 5.51 Å². The summed E-state index contributed by atoms with van der Waals surface area (Å²) in [7, 11) is 0. The lowest BCUT2D eigenvalue weighted by Gasteiger charge is -2.10. The number of hydrogen-bond donors (Lipinski definition) is 0. The van der Waals surface area contributed by atoms with Crippen LogP contribution in [-0.2, 0) is 0 Å². The summed E-state index contributed by atoms with van der Waals surface area (Å²) in [5.74, 6) is 0. The molecule has 19 heavy (non-hydrogen) atoms. The van der Waals surface area contributed by atoms with E-state index in [0.717, 1.165) is 5.69 Å². The molecular weight excluding hydrogens is 250 g/mol. The number of thiazole rings is 1. The molecule has 2 aromatic carbocycles. The van der Waals surface area contributed by atoms with Crippen LogP contribution in [0.4, 0.5) is 0 Å². The summed E-state index contributed by atoms with van der Waals surface area (Å²) in [5, 5.41) is 2.08. The third kappa shape index (κ3) is 2.32. The van der Waals surface area contributed by atoms with Crippen molar-refractivity contribution in [2.24, 2.45) is 0 Å².